The van der Waals surface area contributed by atoms with Gasteiger partial charge in [0.2, 0.25) is 0 Å². The molecule has 0 atom stereocenters. The summed E-state index contributed by atoms with van der Waals surface area (Å²) >= 11 is 2.04. The molecule has 6 heteroatoms. The van der Waals surface area contributed by atoms with Crippen molar-refractivity contribution in [1.82, 2.24) is 9.97 Å². The molecule has 1 aromatic heterocycles. The number of nitrogens with zero attached hydrogens (tertiary/aromatic N) is 3. The van der Waals surface area contributed by atoms with Gasteiger partial charge < -0.3 is 10.3 Å². The van der Waals surface area contributed by atoms with E-state index in [9.17, 15) is 0 Å². The van der Waals surface area contributed by atoms with Gasteiger partial charge in [0.05, 0.1) is 0 Å². The second-order valence-corrected chi connectivity index (χ2v) is 7.98. The van der Waals surface area contributed by atoms with Crippen molar-refractivity contribution in [3.63, 3.8) is 0 Å². The monoisotopic (exact) mass is 309 g/mol. The maximum Gasteiger partial charge on any atom is 0.148 e. The minimum Gasteiger partial charge on any atom is -0.355 e. The first-order chi connectivity index (χ1) is 9.96. The molecule has 21 heavy (non-hydrogen) atoms. The van der Waals surface area contributed by atoms with Crippen LogP contribution in [0.25, 0.3) is 0 Å². The summed E-state index contributed by atoms with van der Waals surface area (Å²) < 4.78 is 0.344. The van der Waals surface area contributed by atoms with Gasteiger partial charge in [-0.2, -0.15) is 11.8 Å². The number of nitrogens with one attached hydrogen (secondary N) is 1. The Morgan fingerprint density at radius 2 is 2.10 bits per heavy atom. The highest BCUT2D eigenvalue weighted by atomic mass is 32.2. The molecular weight excluding hydrogens is 282 g/mol. The van der Waals surface area contributed by atoms with Gasteiger partial charge >= 0.3 is 0 Å². The fourth-order valence-electron chi connectivity index (χ4n) is 2.57. The van der Waals surface area contributed by atoms with Crippen molar-refractivity contribution in [3.8, 4) is 0 Å². The van der Waals surface area contributed by atoms with Gasteiger partial charge in [-0.25, -0.2) is 15.8 Å². The summed E-state index contributed by atoms with van der Waals surface area (Å²) in [5, 5.41) is 0. The first kappa shape index (κ1) is 16.4. The Balaban J connectivity index is 2.31. The van der Waals surface area contributed by atoms with Gasteiger partial charge in [0.15, 0.2) is 0 Å². The molecule has 0 spiro atoms. The minimum atomic E-state index is 0.344. The molecule has 0 bridgehead atoms. The van der Waals surface area contributed by atoms with Gasteiger partial charge in [-0.1, -0.05) is 20.8 Å². The predicted molar refractivity (Wildman–Crippen MR) is 91.9 cm³/mol. The van der Waals surface area contributed by atoms with Gasteiger partial charge in [0, 0.05) is 35.6 Å². The SMILES string of the molecule is CCCc1nc(NN)c(C)c(N2CCSC(C)(C)CC2)n1. The lowest BCUT2D eigenvalue weighted by Gasteiger charge is -2.25. The maximum atomic E-state index is 5.63. The molecule has 1 fully saturated rings. The predicted octanol–water partition coefficient (Wildman–Crippen LogP) is 2.75. The Hall–Kier alpha value is -1.01. The number of rotatable bonds is 4. The fraction of sp³-hybridized carbons (Fsp3) is 0.733. The average Bonchev–Trinajstić information content (AvgIpc) is 2.62. The van der Waals surface area contributed by atoms with E-state index in [1.165, 1.54) is 0 Å². The second-order valence-electron chi connectivity index (χ2n) is 6.18. The van der Waals surface area contributed by atoms with Crippen LogP contribution in [0.2, 0.25) is 0 Å². The maximum absolute atomic E-state index is 5.63. The zero-order chi connectivity index (χ0) is 15.5. The van der Waals surface area contributed by atoms with E-state index in [4.69, 9.17) is 10.8 Å². The van der Waals surface area contributed by atoms with Crippen LogP contribution in [0.1, 0.15) is 45.0 Å². The van der Waals surface area contributed by atoms with Crippen LogP contribution in [0, 0.1) is 6.92 Å². The van der Waals surface area contributed by atoms with Crippen molar-refractivity contribution < 1.29 is 0 Å². The van der Waals surface area contributed by atoms with E-state index in [0.29, 0.717) is 4.75 Å². The highest BCUT2D eigenvalue weighted by Crippen LogP contribution is 2.33. The Kier molecular flexibility index (Phi) is 5.32. The summed E-state index contributed by atoms with van der Waals surface area (Å²) in [6.45, 7) is 10.9. The van der Waals surface area contributed by atoms with Crippen LogP contribution >= 0.6 is 11.8 Å². The van der Waals surface area contributed by atoms with Crippen molar-refractivity contribution in [2.24, 2.45) is 5.84 Å². The second kappa shape index (κ2) is 6.83. The topological polar surface area (TPSA) is 67.1 Å². The molecule has 1 saturated heterocycles. The fourth-order valence-corrected chi connectivity index (χ4v) is 3.67. The highest BCUT2D eigenvalue weighted by Gasteiger charge is 2.25. The molecule has 0 aliphatic carbocycles. The van der Waals surface area contributed by atoms with Gasteiger partial charge in [-0.15, -0.1) is 0 Å². The van der Waals surface area contributed by atoms with E-state index in [-0.39, 0.29) is 0 Å². The number of nitrogens with two attached hydrogens (primary N) is 1. The van der Waals surface area contributed by atoms with Crippen LogP contribution < -0.4 is 16.2 Å². The molecule has 3 N–H and O–H groups in total. The van der Waals surface area contributed by atoms with Crippen LogP contribution in [0.3, 0.4) is 0 Å². The molecule has 0 radical (unpaired) electrons. The lowest BCUT2D eigenvalue weighted by Crippen LogP contribution is -2.29. The van der Waals surface area contributed by atoms with Crippen LogP contribution in [0.15, 0.2) is 0 Å². The molecule has 1 aliphatic heterocycles. The minimum absolute atomic E-state index is 0.344. The Morgan fingerprint density at radius 3 is 2.76 bits per heavy atom. The van der Waals surface area contributed by atoms with Crippen molar-refractivity contribution in [3.05, 3.63) is 11.4 Å². The highest BCUT2D eigenvalue weighted by molar-refractivity contribution is 8.00. The molecule has 118 valence electrons. The third kappa shape index (κ3) is 4.01. The molecule has 1 aromatic rings. The summed E-state index contributed by atoms with van der Waals surface area (Å²) in [6, 6.07) is 0. The van der Waals surface area contributed by atoms with Crippen LogP contribution in [-0.4, -0.2) is 33.6 Å². The Bertz CT molecular complexity index is 489. The lowest BCUT2D eigenvalue weighted by molar-refractivity contribution is 0.633. The smallest absolute Gasteiger partial charge is 0.148 e. The third-order valence-electron chi connectivity index (χ3n) is 3.91. The quantitative estimate of drug-likeness (QED) is 0.658. The summed E-state index contributed by atoms with van der Waals surface area (Å²) in [5.41, 5.74) is 3.77. The molecule has 5 nitrogen and oxygen atoms in total. The van der Waals surface area contributed by atoms with Crippen LogP contribution in [0.4, 0.5) is 11.6 Å². The van der Waals surface area contributed by atoms with Crippen molar-refractivity contribution in [2.75, 3.05) is 29.2 Å². The number of aromatic nitrogens is 2. The molecule has 0 amide bonds. The van der Waals surface area contributed by atoms with E-state index < -0.39 is 0 Å². The Labute approximate surface area is 132 Å². The molecule has 0 saturated carbocycles. The van der Waals surface area contributed by atoms with E-state index in [1.54, 1.807) is 0 Å². The van der Waals surface area contributed by atoms with E-state index in [1.807, 2.05) is 18.7 Å². The molecule has 2 rings (SSSR count). The van der Waals surface area contributed by atoms with E-state index in [2.05, 4.69) is 36.1 Å². The third-order valence-corrected chi connectivity index (χ3v) is 5.29. The van der Waals surface area contributed by atoms with Crippen molar-refractivity contribution >= 4 is 23.4 Å². The van der Waals surface area contributed by atoms with Gasteiger partial charge in [-0.3, -0.25) is 0 Å². The molecule has 1 aliphatic rings. The van der Waals surface area contributed by atoms with Crippen molar-refractivity contribution in [2.45, 2.75) is 51.7 Å². The zero-order valence-electron chi connectivity index (χ0n) is 13.6. The van der Waals surface area contributed by atoms with Crippen molar-refractivity contribution in [1.29, 1.82) is 0 Å². The summed E-state index contributed by atoms with van der Waals surface area (Å²) in [5.74, 6) is 9.42. The van der Waals surface area contributed by atoms with E-state index in [0.717, 1.165) is 61.1 Å². The van der Waals surface area contributed by atoms with Gasteiger partial charge in [0.25, 0.3) is 0 Å². The summed E-state index contributed by atoms with van der Waals surface area (Å²) in [4.78, 5) is 11.7. The van der Waals surface area contributed by atoms with Crippen LogP contribution in [0.5, 0.6) is 0 Å². The first-order valence-corrected chi connectivity index (χ1v) is 8.68. The molecule has 0 unspecified atom stereocenters. The molecule has 2 heterocycles. The summed E-state index contributed by atoms with van der Waals surface area (Å²) in [6.07, 6.45) is 3.08. The van der Waals surface area contributed by atoms with Gasteiger partial charge in [0.1, 0.15) is 17.5 Å². The average molecular weight is 309 g/mol. The zero-order valence-corrected chi connectivity index (χ0v) is 14.4. The number of hydrogen-bond acceptors (Lipinski definition) is 6. The largest absolute Gasteiger partial charge is 0.355 e. The number of nitrogen functional groups attached to an aromatic ring is 1. The Morgan fingerprint density at radius 1 is 1.33 bits per heavy atom. The number of hydrazine groups is 1. The summed E-state index contributed by atoms with van der Waals surface area (Å²) in [7, 11) is 0. The number of aryl methyl sites for hydroxylation is 1. The molecular formula is C15H27N5S. The lowest BCUT2D eigenvalue weighted by atomic mass is 10.1. The number of hydrogen-bond donors (Lipinski definition) is 2. The number of thioether (sulfide) groups is 1. The normalized spacial score (nSPS) is 18.4. The van der Waals surface area contributed by atoms with E-state index >= 15 is 0 Å². The van der Waals surface area contributed by atoms with Crippen LogP contribution in [-0.2, 0) is 6.42 Å². The first-order valence-electron chi connectivity index (χ1n) is 7.70. The number of anilines is 2. The molecule has 0 aromatic carbocycles. The van der Waals surface area contributed by atoms with Gasteiger partial charge in [-0.05, 0) is 19.8 Å². The standard InChI is InChI=1S/C15H27N5S/c1-5-6-12-17-13(19-16)11(2)14(18-12)20-8-7-15(3,4)21-10-9-20/h5-10,16H2,1-4H3,(H,17,18,19).